The monoisotopic (exact) mass is 312 g/mol. The second kappa shape index (κ2) is 5.13. The summed E-state index contributed by atoms with van der Waals surface area (Å²) in [5.41, 5.74) is 3.00. The zero-order chi connectivity index (χ0) is 13.1. The number of fused-ring (bicyclic) bond motifs is 1. The Balaban J connectivity index is 2.32. The first-order valence-corrected chi connectivity index (χ1v) is 5.92. The maximum atomic E-state index is 11.6. The maximum Gasteiger partial charge on any atom is 0.331 e. The van der Waals surface area contributed by atoms with Crippen LogP contribution in [0, 0.1) is 5.21 Å². The third kappa shape index (κ3) is 2.65. The van der Waals surface area contributed by atoms with Gasteiger partial charge in [0.25, 0.3) is 5.52 Å². The lowest BCUT2D eigenvalue weighted by Crippen LogP contribution is -2.33. The van der Waals surface area contributed by atoms with E-state index in [2.05, 4.69) is 36.3 Å². The second-order valence-electron chi connectivity index (χ2n) is 3.37. The molecule has 0 aliphatic carbocycles. The van der Waals surface area contributed by atoms with Crippen molar-refractivity contribution in [1.82, 2.24) is 10.1 Å². The summed E-state index contributed by atoms with van der Waals surface area (Å²) in [7, 11) is 0. The van der Waals surface area contributed by atoms with E-state index in [1.165, 1.54) is 0 Å². The molecule has 0 unspecified atom stereocenters. The van der Waals surface area contributed by atoms with E-state index < -0.39 is 5.97 Å². The first kappa shape index (κ1) is 12.5. The molecule has 0 amide bonds. The first-order valence-electron chi connectivity index (χ1n) is 5.13. The summed E-state index contributed by atoms with van der Waals surface area (Å²) in [4.78, 5) is 20.1. The van der Waals surface area contributed by atoms with Gasteiger partial charge >= 0.3 is 11.9 Å². The standard InChI is InChI=1S/C10H9BrN4O3/c1-2-9(16)18-14-10-12-7-5-6(11)3-4-8(7)15(17)13-10/h3-5H,2H2,1H3,(H,12,13,14). The molecule has 1 aromatic carbocycles. The van der Waals surface area contributed by atoms with Gasteiger partial charge in [0.1, 0.15) is 5.52 Å². The normalized spacial score (nSPS) is 10.3. The smallest absolute Gasteiger partial charge is 0.331 e. The number of benzene rings is 1. The molecular weight excluding hydrogens is 304 g/mol. The third-order valence-electron chi connectivity index (χ3n) is 2.10. The predicted octanol–water partition coefficient (Wildman–Crippen LogP) is 1.31. The van der Waals surface area contributed by atoms with Crippen LogP contribution in [0.5, 0.6) is 0 Å². The molecule has 8 heteroatoms. The summed E-state index contributed by atoms with van der Waals surface area (Å²) in [5, 5.41) is 15.2. The number of carbonyl (C=O) groups is 1. The predicted molar refractivity (Wildman–Crippen MR) is 66.2 cm³/mol. The van der Waals surface area contributed by atoms with Gasteiger partial charge in [-0.3, -0.25) is 0 Å². The fourth-order valence-corrected chi connectivity index (χ4v) is 1.59. The van der Waals surface area contributed by atoms with Crippen LogP contribution in [0.25, 0.3) is 11.0 Å². The van der Waals surface area contributed by atoms with Gasteiger partial charge in [-0.15, -0.1) is 0 Å². The summed E-state index contributed by atoms with van der Waals surface area (Å²) < 4.78 is 0.783. The molecule has 0 bridgehead atoms. The Morgan fingerprint density at radius 2 is 2.39 bits per heavy atom. The molecule has 0 aliphatic rings. The topological polar surface area (TPSA) is 91.0 Å². The average molecular weight is 313 g/mol. The van der Waals surface area contributed by atoms with E-state index in [1.54, 1.807) is 25.1 Å². The molecule has 7 nitrogen and oxygen atoms in total. The van der Waals surface area contributed by atoms with Gasteiger partial charge in [0.15, 0.2) is 0 Å². The molecule has 94 valence electrons. The van der Waals surface area contributed by atoms with E-state index in [4.69, 9.17) is 0 Å². The molecule has 2 aromatic rings. The van der Waals surface area contributed by atoms with Gasteiger partial charge in [-0.2, -0.15) is 10.5 Å². The summed E-state index contributed by atoms with van der Waals surface area (Å²) in [6.45, 7) is 1.65. The molecule has 0 radical (unpaired) electrons. The van der Waals surface area contributed by atoms with Gasteiger partial charge in [-0.25, -0.2) is 4.79 Å². The van der Waals surface area contributed by atoms with Crippen molar-refractivity contribution in [3.63, 3.8) is 0 Å². The zero-order valence-corrected chi connectivity index (χ0v) is 11.0. The molecule has 0 aliphatic heterocycles. The van der Waals surface area contributed by atoms with E-state index >= 15 is 0 Å². The molecule has 1 N–H and O–H groups in total. The van der Waals surface area contributed by atoms with Crippen LogP contribution < -0.4 is 10.3 Å². The highest BCUT2D eigenvalue weighted by Crippen LogP contribution is 2.15. The fourth-order valence-electron chi connectivity index (χ4n) is 1.24. The van der Waals surface area contributed by atoms with Crippen LogP contribution in [-0.2, 0) is 9.63 Å². The minimum Gasteiger partial charge on any atom is -0.594 e. The summed E-state index contributed by atoms with van der Waals surface area (Å²) in [6.07, 6.45) is 0.212. The Morgan fingerprint density at radius 3 is 3.11 bits per heavy atom. The van der Waals surface area contributed by atoms with Crippen molar-refractivity contribution in [3.05, 3.63) is 27.9 Å². The third-order valence-corrected chi connectivity index (χ3v) is 2.59. The van der Waals surface area contributed by atoms with E-state index in [9.17, 15) is 10.0 Å². The number of aromatic nitrogens is 3. The van der Waals surface area contributed by atoms with E-state index in [1.807, 2.05) is 0 Å². The number of halogens is 1. The molecule has 0 saturated heterocycles. The van der Waals surface area contributed by atoms with Crippen LogP contribution in [0.15, 0.2) is 22.7 Å². The van der Waals surface area contributed by atoms with Gasteiger partial charge < -0.3 is 10.0 Å². The number of rotatable bonds is 3. The summed E-state index contributed by atoms with van der Waals surface area (Å²) in [6, 6.07) is 4.97. The van der Waals surface area contributed by atoms with Gasteiger partial charge in [-0.1, -0.05) is 22.9 Å². The Kier molecular flexibility index (Phi) is 3.56. The second-order valence-corrected chi connectivity index (χ2v) is 4.29. The van der Waals surface area contributed by atoms with E-state index in [0.29, 0.717) is 15.9 Å². The summed E-state index contributed by atoms with van der Waals surface area (Å²) in [5.74, 6) is -0.539. The first-order chi connectivity index (χ1) is 8.60. The van der Waals surface area contributed by atoms with E-state index in [0.717, 1.165) is 4.47 Å². The number of nitrogens with zero attached hydrogens (tertiary/aromatic N) is 3. The van der Waals surface area contributed by atoms with E-state index in [-0.39, 0.29) is 12.4 Å². The van der Waals surface area contributed by atoms with Crippen molar-refractivity contribution in [1.29, 1.82) is 0 Å². The quantitative estimate of drug-likeness (QED) is 0.522. The molecule has 0 spiro atoms. The van der Waals surface area contributed by atoms with Gasteiger partial charge in [0, 0.05) is 17.0 Å². The van der Waals surface area contributed by atoms with Crippen LogP contribution in [-0.4, -0.2) is 16.1 Å². The number of hydrogen-bond donors (Lipinski definition) is 1. The molecule has 0 saturated carbocycles. The van der Waals surface area contributed by atoms with Crippen LogP contribution in [0.1, 0.15) is 13.3 Å². The summed E-state index contributed by atoms with van der Waals surface area (Å²) >= 11 is 3.28. The van der Waals surface area contributed by atoms with Crippen molar-refractivity contribution in [2.45, 2.75) is 13.3 Å². The number of anilines is 1. The molecule has 0 atom stereocenters. The Bertz CT molecular complexity index is 605. The minimum atomic E-state index is -0.467. The molecule has 0 fully saturated rings. The largest absolute Gasteiger partial charge is 0.594 e. The number of hydrogen-bond acceptors (Lipinski definition) is 6. The molecule has 2 rings (SSSR count). The van der Waals surface area contributed by atoms with Crippen LogP contribution >= 0.6 is 15.9 Å². The van der Waals surface area contributed by atoms with Gasteiger partial charge in [0.2, 0.25) is 0 Å². The Morgan fingerprint density at radius 1 is 1.61 bits per heavy atom. The average Bonchev–Trinajstić information content (AvgIpc) is 2.35. The number of carbonyl (C=O) groups excluding carboxylic acids is 1. The zero-order valence-electron chi connectivity index (χ0n) is 9.38. The molecule has 18 heavy (non-hydrogen) atoms. The highest BCUT2D eigenvalue weighted by molar-refractivity contribution is 9.10. The number of nitrogens with one attached hydrogen (secondary N) is 1. The van der Waals surface area contributed by atoms with Crippen molar-refractivity contribution in [2.24, 2.45) is 0 Å². The van der Waals surface area contributed by atoms with Crippen LogP contribution in [0.3, 0.4) is 0 Å². The highest BCUT2D eigenvalue weighted by Gasteiger charge is 2.12. The maximum absolute atomic E-state index is 11.6. The van der Waals surface area contributed by atoms with Crippen LogP contribution in [0.4, 0.5) is 5.95 Å². The lowest BCUT2D eigenvalue weighted by Gasteiger charge is -2.04. The van der Waals surface area contributed by atoms with Crippen molar-refractivity contribution < 1.29 is 14.5 Å². The SMILES string of the molecule is CCC(=O)ONc1nc2cc(Br)ccc2[n+]([O-])n1. The lowest BCUT2D eigenvalue weighted by atomic mass is 10.3. The van der Waals surface area contributed by atoms with Gasteiger partial charge in [0.05, 0.1) is 5.10 Å². The Hall–Kier alpha value is -1.96. The molecule has 1 heterocycles. The van der Waals surface area contributed by atoms with Crippen LogP contribution in [0.2, 0.25) is 0 Å². The van der Waals surface area contributed by atoms with Crippen molar-refractivity contribution in [2.75, 3.05) is 5.48 Å². The highest BCUT2D eigenvalue weighted by atomic mass is 79.9. The fraction of sp³-hybridized carbons (Fsp3) is 0.200. The van der Waals surface area contributed by atoms with Gasteiger partial charge in [-0.05, 0) is 17.0 Å². The van der Waals surface area contributed by atoms with Crippen molar-refractivity contribution >= 4 is 38.9 Å². The Labute approximate surface area is 110 Å². The molecular formula is C10H9BrN4O3. The van der Waals surface area contributed by atoms with Crippen molar-refractivity contribution in [3.8, 4) is 0 Å². The molecule has 1 aromatic heterocycles. The lowest BCUT2D eigenvalue weighted by molar-refractivity contribution is -0.641. The minimum absolute atomic E-state index is 0.0719.